The van der Waals surface area contributed by atoms with Gasteiger partial charge in [-0.3, -0.25) is 4.90 Å². The minimum absolute atomic E-state index is 0.0914. The monoisotopic (exact) mass is 204 g/mol. The minimum atomic E-state index is 0.0914. The highest BCUT2D eigenvalue weighted by Gasteiger charge is 2.14. The summed E-state index contributed by atoms with van der Waals surface area (Å²) < 4.78 is 0. The van der Waals surface area contributed by atoms with Gasteiger partial charge in [0.2, 0.25) is 0 Å². The van der Waals surface area contributed by atoms with Crippen LogP contribution in [0.1, 0.15) is 26.7 Å². The predicted molar refractivity (Wildman–Crippen MR) is 59.8 cm³/mol. The van der Waals surface area contributed by atoms with Crippen LogP contribution in [-0.4, -0.2) is 40.7 Å². The zero-order valence-corrected chi connectivity index (χ0v) is 9.31. The van der Waals surface area contributed by atoms with Crippen LogP contribution in [0.4, 0.5) is 0 Å². The third kappa shape index (κ3) is 5.18. The van der Waals surface area contributed by atoms with E-state index in [0.29, 0.717) is 11.5 Å². The summed E-state index contributed by atoms with van der Waals surface area (Å²) in [6.07, 6.45) is 2.26. The lowest BCUT2D eigenvalue weighted by Gasteiger charge is -2.27. The fraction of sp³-hybridized carbons (Fsp3) is 0.889. The van der Waals surface area contributed by atoms with Crippen molar-refractivity contribution in [2.75, 3.05) is 19.7 Å². The molecule has 3 nitrogen and oxygen atoms in total. The molecule has 1 atom stereocenters. The molecule has 78 valence electrons. The van der Waals surface area contributed by atoms with Crippen molar-refractivity contribution in [1.82, 2.24) is 4.90 Å². The Balaban J connectivity index is 3.98. The van der Waals surface area contributed by atoms with Crippen molar-refractivity contribution >= 4 is 17.2 Å². The van der Waals surface area contributed by atoms with Crippen molar-refractivity contribution in [1.29, 1.82) is 0 Å². The molecular formula is C9H20N2OS. The molecule has 0 aromatic carbocycles. The Hall–Kier alpha value is -0.190. The van der Waals surface area contributed by atoms with E-state index >= 15 is 0 Å². The summed E-state index contributed by atoms with van der Waals surface area (Å²) >= 11 is 4.91. The Morgan fingerprint density at radius 2 is 2.15 bits per heavy atom. The van der Waals surface area contributed by atoms with Crippen LogP contribution < -0.4 is 5.73 Å². The lowest BCUT2D eigenvalue weighted by molar-refractivity contribution is 0.182. The molecule has 0 heterocycles. The summed E-state index contributed by atoms with van der Waals surface area (Å²) in [6.45, 7) is 5.89. The Bertz CT molecular complexity index is 153. The zero-order chi connectivity index (χ0) is 10.3. The summed E-state index contributed by atoms with van der Waals surface area (Å²) in [7, 11) is 0. The quantitative estimate of drug-likeness (QED) is 0.601. The number of nitrogens with two attached hydrogens (primary N) is 1. The van der Waals surface area contributed by atoms with E-state index in [1.54, 1.807) is 0 Å². The first-order chi connectivity index (χ1) is 6.13. The number of thiocarbonyl (C=S) groups is 1. The maximum absolute atomic E-state index is 8.84. The Morgan fingerprint density at radius 1 is 1.54 bits per heavy atom. The average Bonchev–Trinajstić information content (AvgIpc) is 2.11. The highest BCUT2D eigenvalue weighted by atomic mass is 32.1. The highest BCUT2D eigenvalue weighted by Crippen LogP contribution is 2.01. The molecule has 13 heavy (non-hydrogen) atoms. The van der Waals surface area contributed by atoms with Crippen molar-refractivity contribution in [2.45, 2.75) is 32.7 Å². The molecule has 1 unspecified atom stereocenters. The lowest BCUT2D eigenvalue weighted by atomic mass is 10.2. The van der Waals surface area contributed by atoms with Gasteiger partial charge in [0.15, 0.2) is 0 Å². The van der Waals surface area contributed by atoms with E-state index in [1.807, 2.05) is 6.92 Å². The summed E-state index contributed by atoms with van der Waals surface area (Å²) in [6, 6.07) is 0.0914. The summed E-state index contributed by atoms with van der Waals surface area (Å²) in [4.78, 5) is 2.62. The number of hydrogen-bond donors (Lipinski definition) is 2. The van der Waals surface area contributed by atoms with Gasteiger partial charge in [0.1, 0.15) is 0 Å². The van der Waals surface area contributed by atoms with Crippen LogP contribution >= 0.6 is 12.2 Å². The predicted octanol–water partition coefficient (Wildman–Crippen LogP) is 0.755. The summed E-state index contributed by atoms with van der Waals surface area (Å²) in [5.41, 5.74) is 5.55. The number of hydrogen-bond acceptors (Lipinski definition) is 3. The minimum Gasteiger partial charge on any atom is -0.395 e. The first kappa shape index (κ1) is 12.8. The number of aliphatic hydroxyl groups excluding tert-OH is 1. The molecule has 0 fully saturated rings. The van der Waals surface area contributed by atoms with Crippen molar-refractivity contribution in [3.63, 3.8) is 0 Å². The van der Waals surface area contributed by atoms with Gasteiger partial charge < -0.3 is 10.8 Å². The largest absolute Gasteiger partial charge is 0.395 e. The maximum Gasteiger partial charge on any atom is 0.0899 e. The molecule has 0 bridgehead atoms. The number of rotatable bonds is 7. The standard InChI is InChI=1S/C9H20N2OS/c1-3-4-5-11(6-7-12)8(2)9(10)13/h8,12H,3-7H2,1-2H3,(H2,10,13). The second-order valence-electron chi connectivity index (χ2n) is 3.19. The summed E-state index contributed by atoms with van der Waals surface area (Å²) in [5.74, 6) is 0. The Kier molecular flexibility index (Phi) is 7.13. The van der Waals surface area contributed by atoms with Gasteiger partial charge in [-0.05, 0) is 19.9 Å². The third-order valence-corrected chi connectivity index (χ3v) is 2.49. The molecule has 0 saturated carbocycles. The number of aliphatic hydroxyl groups is 1. The average molecular weight is 204 g/mol. The van der Waals surface area contributed by atoms with Crippen LogP contribution in [0.15, 0.2) is 0 Å². The van der Waals surface area contributed by atoms with Crippen LogP contribution in [0, 0.1) is 0 Å². The first-order valence-electron chi connectivity index (χ1n) is 4.77. The van der Waals surface area contributed by atoms with E-state index in [4.69, 9.17) is 23.1 Å². The lowest BCUT2D eigenvalue weighted by Crippen LogP contribution is -2.43. The molecule has 3 N–H and O–H groups in total. The Morgan fingerprint density at radius 3 is 2.54 bits per heavy atom. The molecule has 0 aliphatic carbocycles. The van der Waals surface area contributed by atoms with E-state index in [2.05, 4.69) is 11.8 Å². The third-order valence-electron chi connectivity index (χ3n) is 2.15. The van der Waals surface area contributed by atoms with Gasteiger partial charge in [-0.2, -0.15) is 0 Å². The van der Waals surface area contributed by atoms with Crippen molar-refractivity contribution in [3.8, 4) is 0 Å². The van der Waals surface area contributed by atoms with Crippen molar-refractivity contribution in [3.05, 3.63) is 0 Å². The van der Waals surface area contributed by atoms with Gasteiger partial charge in [-0.15, -0.1) is 0 Å². The highest BCUT2D eigenvalue weighted by molar-refractivity contribution is 7.80. The molecule has 0 radical (unpaired) electrons. The summed E-state index contributed by atoms with van der Waals surface area (Å²) in [5, 5.41) is 8.84. The SMILES string of the molecule is CCCCN(CCO)C(C)C(N)=S. The van der Waals surface area contributed by atoms with Gasteiger partial charge in [0.25, 0.3) is 0 Å². The van der Waals surface area contributed by atoms with Crippen molar-refractivity contribution < 1.29 is 5.11 Å². The second kappa shape index (κ2) is 7.24. The molecule has 0 spiro atoms. The Labute approximate surface area is 85.9 Å². The fourth-order valence-electron chi connectivity index (χ4n) is 1.17. The van der Waals surface area contributed by atoms with Gasteiger partial charge in [0, 0.05) is 6.54 Å². The van der Waals surface area contributed by atoms with Gasteiger partial charge >= 0.3 is 0 Å². The molecule has 0 aromatic heterocycles. The normalized spacial score (nSPS) is 13.2. The van der Waals surface area contributed by atoms with E-state index in [0.717, 1.165) is 19.4 Å². The fourth-order valence-corrected chi connectivity index (χ4v) is 1.32. The van der Waals surface area contributed by atoms with E-state index in [1.165, 1.54) is 0 Å². The number of nitrogens with zero attached hydrogens (tertiary/aromatic N) is 1. The molecule has 0 rings (SSSR count). The van der Waals surface area contributed by atoms with E-state index in [-0.39, 0.29) is 12.6 Å². The maximum atomic E-state index is 8.84. The van der Waals surface area contributed by atoms with Gasteiger partial charge in [-0.25, -0.2) is 0 Å². The van der Waals surface area contributed by atoms with Crippen LogP contribution in [0.25, 0.3) is 0 Å². The number of unbranched alkanes of at least 4 members (excludes halogenated alkanes) is 1. The molecule has 0 aliphatic heterocycles. The van der Waals surface area contributed by atoms with Crippen LogP contribution in [0.2, 0.25) is 0 Å². The topological polar surface area (TPSA) is 49.5 Å². The smallest absolute Gasteiger partial charge is 0.0899 e. The van der Waals surface area contributed by atoms with E-state index in [9.17, 15) is 0 Å². The zero-order valence-electron chi connectivity index (χ0n) is 8.49. The molecule has 0 aromatic rings. The molecule has 0 aliphatic rings. The molecule has 4 heteroatoms. The van der Waals surface area contributed by atoms with Gasteiger partial charge in [0.05, 0.1) is 17.6 Å². The van der Waals surface area contributed by atoms with Crippen LogP contribution in [0.5, 0.6) is 0 Å². The molecule has 0 amide bonds. The van der Waals surface area contributed by atoms with Crippen LogP contribution in [-0.2, 0) is 0 Å². The van der Waals surface area contributed by atoms with Crippen LogP contribution in [0.3, 0.4) is 0 Å². The molecule has 0 saturated heterocycles. The van der Waals surface area contributed by atoms with Gasteiger partial charge in [-0.1, -0.05) is 25.6 Å². The second-order valence-corrected chi connectivity index (χ2v) is 3.66. The van der Waals surface area contributed by atoms with E-state index < -0.39 is 0 Å². The van der Waals surface area contributed by atoms with Crippen molar-refractivity contribution in [2.24, 2.45) is 5.73 Å². The first-order valence-corrected chi connectivity index (χ1v) is 5.18. The molecular weight excluding hydrogens is 184 g/mol.